The summed E-state index contributed by atoms with van der Waals surface area (Å²) >= 11 is 1.82. The maximum atomic E-state index is 6.14. The highest BCUT2D eigenvalue weighted by Crippen LogP contribution is 2.26. The molecule has 2 aliphatic rings. The van der Waals surface area contributed by atoms with Crippen molar-refractivity contribution >= 4 is 41.3 Å². The van der Waals surface area contributed by atoms with Crippen molar-refractivity contribution in [2.24, 2.45) is 4.99 Å². The minimum atomic E-state index is 0. The van der Waals surface area contributed by atoms with E-state index in [0.29, 0.717) is 12.2 Å². The van der Waals surface area contributed by atoms with Gasteiger partial charge in [-0.3, -0.25) is 4.99 Å². The van der Waals surface area contributed by atoms with E-state index >= 15 is 0 Å². The van der Waals surface area contributed by atoms with Crippen LogP contribution in [-0.4, -0.2) is 63.0 Å². The highest BCUT2D eigenvalue weighted by Gasteiger charge is 2.26. The lowest BCUT2D eigenvalue weighted by Crippen LogP contribution is -2.49. The number of aliphatic imine (C=N–C) groups is 1. The van der Waals surface area contributed by atoms with Gasteiger partial charge in [-0.05, 0) is 43.6 Å². The largest absolute Gasteiger partial charge is 0.376 e. The number of likely N-dealkylation sites (tertiary alicyclic amines) is 1. The summed E-state index contributed by atoms with van der Waals surface area (Å²) in [6, 6.07) is 4.34. The van der Waals surface area contributed by atoms with Gasteiger partial charge in [0, 0.05) is 43.6 Å². The zero-order chi connectivity index (χ0) is 19.1. The van der Waals surface area contributed by atoms with Gasteiger partial charge in [0.1, 0.15) is 0 Å². The Balaban J connectivity index is 0.00000280. The first-order valence-corrected chi connectivity index (χ1v) is 11.2. The van der Waals surface area contributed by atoms with Crippen LogP contribution in [0.2, 0.25) is 0 Å². The maximum absolute atomic E-state index is 6.14. The van der Waals surface area contributed by atoms with E-state index in [0.717, 1.165) is 58.1 Å². The lowest BCUT2D eigenvalue weighted by Gasteiger charge is -2.36. The number of piperidine rings is 1. The van der Waals surface area contributed by atoms with E-state index in [-0.39, 0.29) is 29.4 Å². The number of hydrogen-bond acceptors (Lipinski definition) is 4. The molecule has 7 heteroatoms. The number of halogens is 1. The summed E-state index contributed by atoms with van der Waals surface area (Å²) in [6.45, 7) is 9.10. The summed E-state index contributed by atoms with van der Waals surface area (Å²) in [5.41, 5.74) is 0.103. The SMILES string of the molecule is CN=C(NCC(C)(C)c1cccs1)N1CCC(OCC2CCCCO2)CC1.I. The van der Waals surface area contributed by atoms with Crippen molar-refractivity contribution < 1.29 is 9.47 Å². The van der Waals surface area contributed by atoms with Crippen molar-refractivity contribution in [1.29, 1.82) is 0 Å². The number of thiophene rings is 1. The van der Waals surface area contributed by atoms with Crippen LogP contribution in [0, 0.1) is 0 Å². The summed E-state index contributed by atoms with van der Waals surface area (Å²) < 4.78 is 11.9. The second kappa shape index (κ2) is 11.7. The minimum Gasteiger partial charge on any atom is -0.376 e. The van der Waals surface area contributed by atoms with Crippen LogP contribution in [0.5, 0.6) is 0 Å². The van der Waals surface area contributed by atoms with Gasteiger partial charge in [0.15, 0.2) is 5.96 Å². The summed E-state index contributed by atoms with van der Waals surface area (Å²) in [5, 5.41) is 5.74. The first-order valence-electron chi connectivity index (χ1n) is 10.3. The maximum Gasteiger partial charge on any atom is 0.193 e. The van der Waals surface area contributed by atoms with Gasteiger partial charge >= 0.3 is 0 Å². The third kappa shape index (κ3) is 6.85. The molecule has 0 aromatic carbocycles. The molecular formula is C21H36IN3O2S. The fourth-order valence-electron chi connectivity index (χ4n) is 3.80. The van der Waals surface area contributed by atoms with E-state index in [1.165, 1.54) is 17.7 Å². The van der Waals surface area contributed by atoms with Crippen molar-refractivity contribution in [3.8, 4) is 0 Å². The van der Waals surface area contributed by atoms with E-state index < -0.39 is 0 Å². The van der Waals surface area contributed by atoms with Gasteiger partial charge in [-0.1, -0.05) is 19.9 Å². The molecule has 28 heavy (non-hydrogen) atoms. The van der Waals surface area contributed by atoms with Crippen LogP contribution in [0.3, 0.4) is 0 Å². The standard InChI is InChI=1S/C21H35N3O2S.HI/c1-21(2,19-8-6-14-27-19)16-23-20(22-3)24-11-9-17(10-12-24)26-15-18-7-4-5-13-25-18;/h6,8,14,17-18H,4-5,7,9-13,15-16H2,1-3H3,(H,22,23);1H. The molecule has 2 aliphatic heterocycles. The molecule has 3 heterocycles. The Kier molecular flexibility index (Phi) is 10.00. The quantitative estimate of drug-likeness (QED) is 0.345. The van der Waals surface area contributed by atoms with Gasteiger partial charge in [-0.15, -0.1) is 35.3 Å². The molecule has 1 N–H and O–H groups in total. The predicted molar refractivity (Wildman–Crippen MR) is 128 cm³/mol. The third-order valence-corrected chi connectivity index (χ3v) is 6.86. The van der Waals surface area contributed by atoms with E-state index in [9.17, 15) is 0 Å². The molecule has 0 spiro atoms. The topological polar surface area (TPSA) is 46.1 Å². The van der Waals surface area contributed by atoms with Gasteiger partial charge in [0.05, 0.1) is 18.8 Å². The van der Waals surface area contributed by atoms with Crippen molar-refractivity contribution in [3.63, 3.8) is 0 Å². The molecular weight excluding hydrogens is 485 g/mol. The molecule has 5 nitrogen and oxygen atoms in total. The Morgan fingerprint density at radius 3 is 2.71 bits per heavy atom. The average Bonchev–Trinajstić information content (AvgIpc) is 3.24. The number of guanidine groups is 1. The fraction of sp³-hybridized carbons (Fsp3) is 0.762. The summed E-state index contributed by atoms with van der Waals surface area (Å²) in [5.74, 6) is 1.01. The first-order chi connectivity index (χ1) is 13.1. The zero-order valence-corrected chi connectivity index (χ0v) is 20.6. The van der Waals surface area contributed by atoms with Gasteiger partial charge in [-0.25, -0.2) is 0 Å². The number of nitrogens with one attached hydrogen (secondary N) is 1. The Morgan fingerprint density at radius 1 is 1.32 bits per heavy atom. The molecule has 0 aliphatic carbocycles. The highest BCUT2D eigenvalue weighted by molar-refractivity contribution is 14.0. The summed E-state index contributed by atoms with van der Waals surface area (Å²) in [4.78, 5) is 8.28. The van der Waals surface area contributed by atoms with Crippen LogP contribution in [0.15, 0.2) is 22.5 Å². The van der Waals surface area contributed by atoms with Crippen LogP contribution >= 0.6 is 35.3 Å². The van der Waals surface area contributed by atoms with E-state index in [2.05, 4.69) is 46.6 Å². The predicted octanol–water partition coefficient (Wildman–Crippen LogP) is 4.27. The number of rotatable bonds is 6. The Labute approximate surface area is 191 Å². The normalized spacial score (nSPS) is 22.0. The number of ether oxygens (including phenoxy) is 2. The van der Waals surface area contributed by atoms with Crippen molar-refractivity contribution in [3.05, 3.63) is 22.4 Å². The fourth-order valence-corrected chi connectivity index (χ4v) is 4.65. The molecule has 1 atom stereocenters. The van der Waals surface area contributed by atoms with Crippen LogP contribution in [0.25, 0.3) is 0 Å². The number of nitrogens with zero attached hydrogens (tertiary/aromatic N) is 2. The smallest absolute Gasteiger partial charge is 0.193 e. The van der Waals surface area contributed by atoms with Crippen LogP contribution in [0.4, 0.5) is 0 Å². The Hall–Kier alpha value is -0.380. The molecule has 0 radical (unpaired) electrons. The highest BCUT2D eigenvalue weighted by atomic mass is 127. The van der Waals surface area contributed by atoms with Crippen molar-refractivity contribution in [2.75, 3.05) is 39.9 Å². The number of hydrogen-bond donors (Lipinski definition) is 1. The molecule has 1 aromatic heterocycles. The molecule has 0 bridgehead atoms. The van der Waals surface area contributed by atoms with Crippen LogP contribution in [-0.2, 0) is 14.9 Å². The zero-order valence-electron chi connectivity index (χ0n) is 17.5. The van der Waals surface area contributed by atoms with Gasteiger partial charge in [0.25, 0.3) is 0 Å². The molecule has 160 valence electrons. The molecule has 1 aromatic rings. The molecule has 1 unspecified atom stereocenters. The Bertz CT molecular complexity index is 580. The Morgan fingerprint density at radius 2 is 2.11 bits per heavy atom. The van der Waals surface area contributed by atoms with Crippen LogP contribution in [0.1, 0.15) is 50.8 Å². The second-order valence-corrected chi connectivity index (χ2v) is 9.22. The molecule has 0 saturated carbocycles. The van der Waals surface area contributed by atoms with E-state index in [4.69, 9.17) is 9.47 Å². The monoisotopic (exact) mass is 521 g/mol. The van der Waals surface area contributed by atoms with E-state index in [1.54, 1.807) is 0 Å². The van der Waals surface area contributed by atoms with Gasteiger partial charge in [-0.2, -0.15) is 0 Å². The summed E-state index contributed by atoms with van der Waals surface area (Å²) in [7, 11) is 1.88. The van der Waals surface area contributed by atoms with Crippen molar-refractivity contribution in [2.45, 2.75) is 63.6 Å². The second-order valence-electron chi connectivity index (χ2n) is 8.27. The minimum absolute atomic E-state index is 0. The third-order valence-electron chi connectivity index (χ3n) is 5.62. The summed E-state index contributed by atoms with van der Waals surface area (Å²) in [6.07, 6.45) is 6.40. The molecule has 0 amide bonds. The lowest BCUT2D eigenvalue weighted by atomic mass is 9.91. The lowest BCUT2D eigenvalue weighted by molar-refractivity contribution is -0.0721. The van der Waals surface area contributed by atoms with Gasteiger partial charge < -0.3 is 19.7 Å². The van der Waals surface area contributed by atoms with Crippen molar-refractivity contribution in [1.82, 2.24) is 10.2 Å². The molecule has 2 fully saturated rings. The average molecular weight is 522 g/mol. The van der Waals surface area contributed by atoms with Gasteiger partial charge in [0.2, 0.25) is 0 Å². The molecule has 2 saturated heterocycles. The first kappa shape index (κ1) is 23.9. The van der Waals surface area contributed by atoms with E-state index in [1.807, 2.05) is 18.4 Å². The van der Waals surface area contributed by atoms with Crippen LogP contribution < -0.4 is 5.32 Å². The molecule has 3 rings (SSSR count).